The van der Waals surface area contributed by atoms with Crippen molar-refractivity contribution in [3.8, 4) is 0 Å². The van der Waals surface area contributed by atoms with Crippen LogP contribution in [0.2, 0.25) is 5.02 Å². The van der Waals surface area contributed by atoms with E-state index in [4.69, 9.17) is 16.3 Å². The molecule has 5 nitrogen and oxygen atoms in total. The first-order chi connectivity index (χ1) is 11.6. The number of pyridine rings is 1. The van der Waals surface area contributed by atoms with E-state index in [0.717, 1.165) is 10.8 Å². The summed E-state index contributed by atoms with van der Waals surface area (Å²) in [6.45, 7) is -0.396. The molecule has 0 radical (unpaired) electrons. The van der Waals surface area contributed by atoms with Gasteiger partial charge in [0.05, 0.1) is 10.6 Å². The van der Waals surface area contributed by atoms with Crippen LogP contribution in [-0.4, -0.2) is 23.5 Å². The Hall–Kier alpha value is -2.92. The van der Waals surface area contributed by atoms with Crippen LogP contribution in [0.25, 0.3) is 10.8 Å². The van der Waals surface area contributed by atoms with Crippen LogP contribution in [0, 0.1) is 0 Å². The quantitative estimate of drug-likeness (QED) is 0.735. The molecule has 0 saturated heterocycles. The van der Waals surface area contributed by atoms with Crippen LogP contribution in [0.4, 0.5) is 5.82 Å². The first-order valence-corrected chi connectivity index (χ1v) is 7.57. The summed E-state index contributed by atoms with van der Waals surface area (Å²) in [4.78, 5) is 28.0. The minimum absolute atomic E-state index is 0.339. The summed E-state index contributed by atoms with van der Waals surface area (Å²) in [6, 6.07) is 16.0. The fourth-order valence-corrected chi connectivity index (χ4v) is 2.35. The number of nitrogens with zero attached hydrogens (tertiary/aromatic N) is 1. The van der Waals surface area contributed by atoms with Gasteiger partial charge in [-0.3, -0.25) is 4.79 Å². The minimum Gasteiger partial charge on any atom is -0.452 e. The number of aromatic nitrogens is 1. The van der Waals surface area contributed by atoms with E-state index >= 15 is 0 Å². The molecule has 0 aliphatic rings. The molecule has 1 N–H and O–H groups in total. The van der Waals surface area contributed by atoms with E-state index in [1.807, 2.05) is 30.3 Å². The lowest BCUT2D eigenvalue weighted by Gasteiger charge is -2.08. The highest BCUT2D eigenvalue weighted by Crippen LogP contribution is 2.19. The van der Waals surface area contributed by atoms with Crippen LogP contribution in [-0.2, 0) is 9.53 Å². The van der Waals surface area contributed by atoms with Crippen molar-refractivity contribution >= 4 is 40.1 Å². The van der Waals surface area contributed by atoms with E-state index in [9.17, 15) is 9.59 Å². The van der Waals surface area contributed by atoms with E-state index in [1.54, 1.807) is 24.3 Å². The van der Waals surface area contributed by atoms with Gasteiger partial charge in [0.15, 0.2) is 6.61 Å². The zero-order valence-electron chi connectivity index (χ0n) is 12.5. The standard InChI is InChI=1S/C18H13ClN2O3/c19-13-8-9-16(20-10-13)21-17(22)11-24-18(23)15-7-3-5-12-4-1-2-6-14(12)15/h1-10H,11H2,(H,20,21,22). The predicted molar refractivity (Wildman–Crippen MR) is 92.1 cm³/mol. The maximum atomic E-state index is 12.2. The zero-order chi connectivity index (χ0) is 16.9. The van der Waals surface area contributed by atoms with Gasteiger partial charge in [-0.15, -0.1) is 0 Å². The highest BCUT2D eigenvalue weighted by atomic mass is 35.5. The second kappa shape index (κ2) is 7.10. The molecule has 1 amide bonds. The highest BCUT2D eigenvalue weighted by Gasteiger charge is 2.13. The summed E-state index contributed by atoms with van der Waals surface area (Å²) in [7, 11) is 0. The highest BCUT2D eigenvalue weighted by molar-refractivity contribution is 6.30. The van der Waals surface area contributed by atoms with Crippen LogP contribution in [0.3, 0.4) is 0 Å². The molecule has 0 aliphatic heterocycles. The number of carbonyl (C=O) groups excluding carboxylic acids is 2. The molecule has 3 rings (SSSR count). The number of anilines is 1. The van der Waals surface area contributed by atoms with E-state index in [2.05, 4.69) is 10.3 Å². The molecular formula is C18H13ClN2O3. The van der Waals surface area contributed by atoms with Gasteiger partial charge in [0, 0.05) is 6.20 Å². The van der Waals surface area contributed by atoms with E-state index < -0.39 is 18.5 Å². The topological polar surface area (TPSA) is 68.3 Å². The van der Waals surface area contributed by atoms with Crippen molar-refractivity contribution in [3.05, 3.63) is 71.4 Å². The Kier molecular flexibility index (Phi) is 4.72. The molecular weight excluding hydrogens is 328 g/mol. The monoisotopic (exact) mass is 340 g/mol. The maximum Gasteiger partial charge on any atom is 0.339 e. The summed E-state index contributed by atoms with van der Waals surface area (Å²) in [5.74, 6) is -0.685. The summed E-state index contributed by atoms with van der Waals surface area (Å²) >= 11 is 5.72. The van der Waals surface area contributed by atoms with Crippen molar-refractivity contribution < 1.29 is 14.3 Å². The second-order valence-electron chi connectivity index (χ2n) is 5.01. The van der Waals surface area contributed by atoms with Gasteiger partial charge in [0.2, 0.25) is 0 Å². The van der Waals surface area contributed by atoms with Crippen molar-refractivity contribution in [2.24, 2.45) is 0 Å². The molecule has 24 heavy (non-hydrogen) atoms. The number of carbonyl (C=O) groups is 2. The number of rotatable bonds is 4. The fourth-order valence-electron chi connectivity index (χ4n) is 2.24. The number of benzene rings is 2. The Morgan fingerprint density at radius 3 is 2.62 bits per heavy atom. The van der Waals surface area contributed by atoms with Gasteiger partial charge in [-0.1, -0.05) is 48.0 Å². The number of amides is 1. The smallest absolute Gasteiger partial charge is 0.339 e. The van der Waals surface area contributed by atoms with Gasteiger partial charge in [-0.05, 0) is 29.0 Å². The number of hydrogen-bond acceptors (Lipinski definition) is 4. The van der Waals surface area contributed by atoms with Gasteiger partial charge in [0.25, 0.3) is 5.91 Å². The third-order valence-electron chi connectivity index (χ3n) is 3.34. The van der Waals surface area contributed by atoms with Crippen LogP contribution in [0.5, 0.6) is 0 Å². The van der Waals surface area contributed by atoms with E-state index in [0.29, 0.717) is 16.4 Å². The summed E-state index contributed by atoms with van der Waals surface area (Å²) < 4.78 is 5.09. The molecule has 2 aromatic carbocycles. The molecule has 0 atom stereocenters. The van der Waals surface area contributed by atoms with Crippen molar-refractivity contribution in [2.75, 3.05) is 11.9 Å². The Bertz CT molecular complexity index is 889. The second-order valence-corrected chi connectivity index (χ2v) is 5.45. The number of hydrogen-bond donors (Lipinski definition) is 1. The van der Waals surface area contributed by atoms with Crippen molar-refractivity contribution in [1.29, 1.82) is 0 Å². The number of nitrogens with one attached hydrogen (secondary N) is 1. The van der Waals surface area contributed by atoms with Gasteiger partial charge >= 0.3 is 5.97 Å². The van der Waals surface area contributed by atoms with E-state index in [-0.39, 0.29) is 0 Å². The van der Waals surface area contributed by atoms with Gasteiger partial charge in [-0.2, -0.15) is 0 Å². The molecule has 0 fully saturated rings. The third-order valence-corrected chi connectivity index (χ3v) is 3.56. The van der Waals surface area contributed by atoms with E-state index in [1.165, 1.54) is 6.20 Å². The summed E-state index contributed by atoms with van der Waals surface area (Å²) in [5.41, 5.74) is 0.422. The molecule has 3 aromatic rings. The molecule has 0 unspecified atom stereocenters. The van der Waals surface area contributed by atoms with Gasteiger partial charge < -0.3 is 10.1 Å². The van der Waals surface area contributed by atoms with Crippen LogP contribution >= 0.6 is 11.6 Å². The van der Waals surface area contributed by atoms with Crippen molar-refractivity contribution in [2.45, 2.75) is 0 Å². The number of halogens is 1. The summed E-state index contributed by atoms with van der Waals surface area (Å²) in [6.07, 6.45) is 1.42. The van der Waals surface area contributed by atoms with Crippen LogP contribution in [0.15, 0.2) is 60.8 Å². The largest absolute Gasteiger partial charge is 0.452 e. The van der Waals surface area contributed by atoms with Gasteiger partial charge in [-0.25, -0.2) is 9.78 Å². The first-order valence-electron chi connectivity index (χ1n) is 7.20. The maximum absolute atomic E-state index is 12.2. The van der Waals surface area contributed by atoms with Gasteiger partial charge in [0.1, 0.15) is 5.82 Å². The van der Waals surface area contributed by atoms with Crippen LogP contribution < -0.4 is 5.32 Å². The average molecular weight is 341 g/mol. The zero-order valence-corrected chi connectivity index (χ0v) is 13.3. The molecule has 1 aromatic heterocycles. The molecule has 1 heterocycles. The SMILES string of the molecule is O=C(COC(=O)c1cccc2ccccc12)Nc1ccc(Cl)cn1. The minimum atomic E-state index is -0.550. The lowest BCUT2D eigenvalue weighted by atomic mass is 10.1. The number of ether oxygens (including phenoxy) is 1. The van der Waals surface area contributed by atoms with Crippen LogP contribution in [0.1, 0.15) is 10.4 Å². The number of esters is 1. The molecule has 0 aliphatic carbocycles. The fraction of sp³-hybridized carbons (Fsp3) is 0.0556. The Morgan fingerprint density at radius 2 is 1.83 bits per heavy atom. The van der Waals surface area contributed by atoms with Crippen molar-refractivity contribution in [1.82, 2.24) is 4.98 Å². The first kappa shape index (κ1) is 16.0. The Balaban J connectivity index is 1.64. The third kappa shape index (κ3) is 3.70. The molecule has 120 valence electrons. The molecule has 0 saturated carbocycles. The summed E-state index contributed by atoms with van der Waals surface area (Å²) in [5, 5.41) is 4.71. The predicted octanol–water partition coefficient (Wildman–Crippen LogP) is 3.68. The normalized spacial score (nSPS) is 10.4. The Labute approximate surface area is 143 Å². The molecule has 6 heteroatoms. The number of fused-ring (bicyclic) bond motifs is 1. The average Bonchev–Trinajstić information content (AvgIpc) is 2.61. The lowest BCUT2D eigenvalue weighted by molar-refractivity contribution is -0.119. The Morgan fingerprint density at radius 1 is 1.04 bits per heavy atom. The van der Waals surface area contributed by atoms with Crippen molar-refractivity contribution in [3.63, 3.8) is 0 Å². The molecule has 0 bridgehead atoms. The molecule has 0 spiro atoms. The lowest BCUT2D eigenvalue weighted by Crippen LogP contribution is -2.21.